The molecule has 0 unspecified atom stereocenters. The van der Waals surface area contributed by atoms with Crippen molar-refractivity contribution in [3.05, 3.63) is 40.9 Å². The zero-order valence-electron chi connectivity index (χ0n) is 12.4. The fraction of sp³-hybridized carbons (Fsp3) is 0.400. The normalized spacial score (nSPS) is 12.2. The number of halogens is 1. The number of benzene rings is 1. The van der Waals surface area contributed by atoms with E-state index in [1.54, 1.807) is 4.68 Å². The maximum atomic E-state index is 11.4. The molecule has 1 N–H and O–H groups in total. The number of nitrogens with zero attached hydrogens (tertiary/aromatic N) is 3. The highest BCUT2D eigenvalue weighted by molar-refractivity contribution is 6.30. The van der Waals surface area contributed by atoms with Gasteiger partial charge in [-0.05, 0) is 31.5 Å². The summed E-state index contributed by atoms with van der Waals surface area (Å²) in [5.74, 6) is 1.31. The van der Waals surface area contributed by atoms with Gasteiger partial charge in [0.2, 0.25) is 5.91 Å². The van der Waals surface area contributed by atoms with E-state index in [-0.39, 0.29) is 11.9 Å². The van der Waals surface area contributed by atoms with Gasteiger partial charge in [-0.25, -0.2) is 9.67 Å². The molecule has 0 bridgehead atoms. The van der Waals surface area contributed by atoms with Crippen LogP contribution in [0.25, 0.3) is 5.69 Å². The molecule has 0 aliphatic rings. The number of hydrogen-bond donors (Lipinski definition) is 1. The molecule has 0 saturated heterocycles. The van der Waals surface area contributed by atoms with Crippen LogP contribution in [0.15, 0.2) is 24.3 Å². The highest BCUT2D eigenvalue weighted by atomic mass is 35.5. The fourth-order valence-corrected chi connectivity index (χ4v) is 2.44. The first-order chi connectivity index (χ1) is 10.0. The van der Waals surface area contributed by atoms with Crippen molar-refractivity contribution in [3.63, 3.8) is 0 Å². The lowest BCUT2D eigenvalue weighted by Gasteiger charge is -2.17. The lowest BCUT2D eigenvalue weighted by molar-refractivity contribution is -0.119. The number of rotatable bonds is 5. The third-order valence-corrected chi connectivity index (χ3v) is 3.29. The van der Waals surface area contributed by atoms with Crippen LogP contribution in [0.2, 0.25) is 5.02 Å². The average Bonchev–Trinajstić information content (AvgIpc) is 2.80. The van der Waals surface area contributed by atoms with Gasteiger partial charge in [0.1, 0.15) is 5.82 Å². The van der Waals surface area contributed by atoms with Crippen molar-refractivity contribution in [3.8, 4) is 5.69 Å². The van der Waals surface area contributed by atoms with E-state index < -0.39 is 0 Å². The van der Waals surface area contributed by atoms with E-state index in [0.717, 1.165) is 24.4 Å². The van der Waals surface area contributed by atoms with Gasteiger partial charge < -0.3 is 5.32 Å². The summed E-state index contributed by atoms with van der Waals surface area (Å²) in [6, 6.07) is 7.26. The van der Waals surface area contributed by atoms with Crippen LogP contribution < -0.4 is 5.32 Å². The molecule has 1 heterocycles. The molecule has 0 aliphatic carbocycles. The summed E-state index contributed by atoms with van der Waals surface area (Å²) >= 11 is 6.05. The highest BCUT2D eigenvalue weighted by Crippen LogP contribution is 2.22. The molecule has 0 fully saturated rings. The second-order valence-corrected chi connectivity index (χ2v) is 5.39. The predicted molar refractivity (Wildman–Crippen MR) is 82.6 cm³/mol. The van der Waals surface area contributed by atoms with Crippen molar-refractivity contribution in [2.45, 2.75) is 39.7 Å². The van der Waals surface area contributed by atoms with Crippen LogP contribution in [0.1, 0.15) is 44.4 Å². The molecule has 1 aromatic heterocycles. The summed E-state index contributed by atoms with van der Waals surface area (Å²) in [4.78, 5) is 15.9. The standard InChI is InChI=1S/C15H19ClN4O/c1-4-6-14(18-11(3)21)15-17-10(2)19-20(15)13-8-5-7-12(16)9-13/h5,7-9,14H,4,6H2,1-3H3,(H,18,21)/t14-/m1/s1. The lowest BCUT2D eigenvalue weighted by Crippen LogP contribution is -2.28. The van der Waals surface area contributed by atoms with Crippen molar-refractivity contribution < 1.29 is 4.79 Å². The molecule has 112 valence electrons. The minimum atomic E-state index is -0.160. The van der Waals surface area contributed by atoms with E-state index in [0.29, 0.717) is 10.8 Å². The third-order valence-electron chi connectivity index (χ3n) is 3.06. The SMILES string of the molecule is CCC[C@@H](NC(C)=O)c1nc(C)nn1-c1cccc(Cl)c1. The molecule has 2 aromatic rings. The second kappa shape index (κ2) is 6.72. The van der Waals surface area contributed by atoms with E-state index in [9.17, 15) is 4.79 Å². The van der Waals surface area contributed by atoms with E-state index in [4.69, 9.17) is 11.6 Å². The van der Waals surface area contributed by atoms with Crippen LogP contribution in [-0.2, 0) is 4.79 Å². The smallest absolute Gasteiger partial charge is 0.217 e. The Morgan fingerprint density at radius 3 is 2.86 bits per heavy atom. The maximum absolute atomic E-state index is 11.4. The number of hydrogen-bond acceptors (Lipinski definition) is 3. The molecule has 0 radical (unpaired) electrons. The Kier molecular flexibility index (Phi) is 4.96. The van der Waals surface area contributed by atoms with Crippen LogP contribution in [0.4, 0.5) is 0 Å². The second-order valence-electron chi connectivity index (χ2n) is 4.95. The zero-order valence-corrected chi connectivity index (χ0v) is 13.2. The van der Waals surface area contributed by atoms with E-state index in [1.807, 2.05) is 31.2 Å². The van der Waals surface area contributed by atoms with E-state index in [2.05, 4.69) is 22.3 Å². The fourth-order valence-electron chi connectivity index (χ4n) is 2.25. The minimum Gasteiger partial charge on any atom is -0.346 e. The van der Waals surface area contributed by atoms with Crippen molar-refractivity contribution in [1.82, 2.24) is 20.1 Å². The van der Waals surface area contributed by atoms with Crippen LogP contribution >= 0.6 is 11.6 Å². The summed E-state index contributed by atoms with van der Waals surface area (Å²) in [6.07, 6.45) is 1.74. The van der Waals surface area contributed by atoms with Crippen molar-refractivity contribution >= 4 is 17.5 Å². The largest absolute Gasteiger partial charge is 0.346 e. The van der Waals surface area contributed by atoms with Gasteiger partial charge in [0.25, 0.3) is 0 Å². The Morgan fingerprint density at radius 1 is 1.48 bits per heavy atom. The van der Waals surface area contributed by atoms with Crippen molar-refractivity contribution in [1.29, 1.82) is 0 Å². The van der Waals surface area contributed by atoms with Gasteiger partial charge in [-0.3, -0.25) is 4.79 Å². The Hall–Kier alpha value is -1.88. The molecule has 5 nitrogen and oxygen atoms in total. The molecular formula is C15H19ClN4O. The van der Waals surface area contributed by atoms with Crippen LogP contribution in [-0.4, -0.2) is 20.7 Å². The first-order valence-corrected chi connectivity index (χ1v) is 7.35. The summed E-state index contributed by atoms with van der Waals surface area (Å²) in [5.41, 5.74) is 0.838. The number of carbonyl (C=O) groups excluding carboxylic acids is 1. The van der Waals surface area contributed by atoms with Gasteiger partial charge in [0.05, 0.1) is 11.7 Å². The summed E-state index contributed by atoms with van der Waals surface area (Å²) in [6.45, 7) is 5.42. The van der Waals surface area contributed by atoms with Crippen molar-refractivity contribution in [2.75, 3.05) is 0 Å². The Balaban J connectivity index is 2.45. The number of aryl methyl sites for hydroxylation is 1. The molecule has 0 aliphatic heterocycles. The number of aromatic nitrogens is 3. The summed E-state index contributed by atoms with van der Waals surface area (Å²) in [7, 11) is 0. The van der Waals surface area contributed by atoms with Crippen molar-refractivity contribution in [2.24, 2.45) is 0 Å². The Labute approximate surface area is 129 Å². The molecule has 21 heavy (non-hydrogen) atoms. The van der Waals surface area contributed by atoms with Gasteiger partial charge >= 0.3 is 0 Å². The number of nitrogens with one attached hydrogen (secondary N) is 1. The topological polar surface area (TPSA) is 59.8 Å². The monoisotopic (exact) mass is 306 g/mol. The van der Waals surface area contributed by atoms with Crippen LogP contribution in [0, 0.1) is 6.92 Å². The molecular weight excluding hydrogens is 288 g/mol. The lowest BCUT2D eigenvalue weighted by atomic mass is 10.1. The Bertz CT molecular complexity index is 638. The Morgan fingerprint density at radius 2 is 2.24 bits per heavy atom. The van der Waals surface area contributed by atoms with Gasteiger partial charge in [-0.2, -0.15) is 5.10 Å². The van der Waals surface area contributed by atoms with Gasteiger partial charge in [0, 0.05) is 11.9 Å². The molecule has 0 spiro atoms. The van der Waals surface area contributed by atoms with Gasteiger partial charge in [-0.15, -0.1) is 0 Å². The maximum Gasteiger partial charge on any atom is 0.217 e. The quantitative estimate of drug-likeness (QED) is 0.922. The first kappa shape index (κ1) is 15.5. The third kappa shape index (κ3) is 3.82. The molecule has 2 rings (SSSR count). The van der Waals surface area contributed by atoms with Crippen LogP contribution in [0.5, 0.6) is 0 Å². The number of amides is 1. The highest BCUT2D eigenvalue weighted by Gasteiger charge is 2.20. The van der Waals surface area contributed by atoms with Crippen LogP contribution in [0.3, 0.4) is 0 Å². The zero-order chi connectivity index (χ0) is 15.4. The van der Waals surface area contributed by atoms with E-state index in [1.165, 1.54) is 6.92 Å². The van der Waals surface area contributed by atoms with Gasteiger partial charge in [-0.1, -0.05) is 31.0 Å². The van der Waals surface area contributed by atoms with E-state index >= 15 is 0 Å². The first-order valence-electron chi connectivity index (χ1n) is 6.98. The minimum absolute atomic E-state index is 0.0771. The molecule has 1 amide bonds. The summed E-state index contributed by atoms with van der Waals surface area (Å²) in [5, 5.41) is 8.01. The average molecular weight is 307 g/mol. The summed E-state index contributed by atoms with van der Waals surface area (Å²) < 4.78 is 1.75. The number of carbonyl (C=O) groups is 1. The molecule has 1 aromatic carbocycles. The molecule has 1 atom stereocenters. The predicted octanol–water partition coefficient (Wildman–Crippen LogP) is 3.21. The van der Waals surface area contributed by atoms with Gasteiger partial charge in [0.15, 0.2) is 5.82 Å². The molecule has 6 heteroatoms. The molecule has 0 saturated carbocycles.